The molecule has 1 fully saturated rings. The van der Waals surface area contributed by atoms with Crippen LogP contribution in [-0.2, 0) is 6.54 Å². The van der Waals surface area contributed by atoms with E-state index in [1.54, 1.807) is 12.4 Å². The van der Waals surface area contributed by atoms with Crippen molar-refractivity contribution in [2.75, 3.05) is 26.2 Å². The smallest absolute Gasteiger partial charge is 0.274 e. The largest absolute Gasteiger partial charge is 0.335 e. The first kappa shape index (κ1) is 14.9. The first-order valence-electron chi connectivity index (χ1n) is 7.24. The van der Waals surface area contributed by atoms with Gasteiger partial charge in [0.25, 0.3) is 5.91 Å². The van der Waals surface area contributed by atoms with Crippen LogP contribution in [0.5, 0.6) is 0 Å². The highest BCUT2D eigenvalue weighted by Crippen LogP contribution is 2.14. The molecule has 0 radical (unpaired) electrons. The van der Waals surface area contributed by atoms with Crippen LogP contribution in [0.3, 0.4) is 0 Å². The summed E-state index contributed by atoms with van der Waals surface area (Å²) in [5, 5.41) is 0.758. The third-order valence-electron chi connectivity index (χ3n) is 3.74. The van der Waals surface area contributed by atoms with Crippen molar-refractivity contribution in [1.82, 2.24) is 19.8 Å². The predicted octanol–water partition coefficient (Wildman–Crippen LogP) is 2.09. The summed E-state index contributed by atoms with van der Waals surface area (Å²) in [5.74, 6) is -0.0458. The second-order valence-corrected chi connectivity index (χ2v) is 5.73. The maximum Gasteiger partial charge on any atom is 0.274 e. The molecular weight excluding hydrogens is 300 g/mol. The molecule has 2 heterocycles. The van der Waals surface area contributed by atoms with Gasteiger partial charge >= 0.3 is 0 Å². The zero-order chi connectivity index (χ0) is 15.4. The third kappa shape index (κ3) is 3.61. The van der Waals surface area contributed by atoms with Gasteiger partial charge in [0.15, 0.2) is 0 Å². The Morgan fingerprint density at radius 1 is 1.18 bits per heavy atom. The molecule has 0 N–H and O–H groups in total. The summed E-state index contributed by atoms with van der Waals surface area (Å²) < 4.78 is 0. The Hall–Kier alpha value is -1.98. The molecule has 1 saturated heterocycles. The molecule has 6 heteroatoms. The minimum Gasteiger partial charge on any atom is -0.335 e. The summed E-state index contributed by atoms with van der Waals surface area (Å²) in [7, 11) is 0. The quantitative estimate of drug-likeness (QED) is 0.870. The molecule has 2 aromatic rings. The molecule has 114 valence electrons. The Morgan fingerprint density at radius 2 is 2.00 bits per heavy atom. The molecule has 1 aliphatic rings. The van der Waals surface area contributed by atoms with Crippen LogP contribution in [0, 0.1) is 0 Å². The number of aromatic nitrogens is 2. The van der Waals surface area contributed by atoms with Gasteiger partial charge in [-0.25, -0.2) is 4.98 Å². The number of halogens is 1. The van der Waals surface area contributed by atoms with Gasteiger partial charge in [0.1, 0.15) is 5.69 Å². The van der Waals surface area contributed by atoms with Crippen molar-refractivity contribution in [2.45, 2.75) is 6.54 Å². The SMILES string of the molecule is O=C(c1cnccn1)N1CCN(Cc2cccc(Cl)c2)CC1. The first-order chi connectivity index (χ1) is 10.7. The summed E-state index contributed by atoms with van der Waals surface area (Å²) in [6.45, 7) is 3.96. The third-order valence-corrected chi connectivity index (χ3v) is 3.97. The van der Waals surface area contributed by atoms with Crippen molar-refractivity contribution in [3.8, 4) is 0 Å². The summed E-state index contributed by atoms with van der Waals surface area (Å²) >= 11 is 6.01. The first-order valence-corrected chi connectivity index (χ1v) is 7.62. The lowest BCUT2D eigenvalue weighted by molar-refractivity contribution is 0.0622. The Bertz CT molecular complexity index is 642. The van der Waals surface area contributed by atoms with E-state index < -0.39 is 0 Å². The maximum absolute atomic E-state index is 12.3. The summed E-state index contributed by atoms with van der Waals surface area (Å²) in [4.78, 5) is 24.5. The topological polar surface area (TPSA) is 49.3 Å². The molecular formula is C16H17ClN4O. The van der Waals surface area contributed by atoms with Crippen LogP contribution in [0.1, 0.15) is 16.1 Å². The molecule has 0 saturated carbocycles. The fourth-order valence-corrected chi connectivity index (χ4v) is 2.79. The van der Waals surface area contributed by atoms with E-state index in [4.69, 9.17) is 11.6 Å². The van der Waals surface area contributed by atoms with Crippen LogP contribution in [-0.4, -0.2) is 51.9 Å². The Kier molecular flexibility index (Phi) is 4.65. The molecule has 0 bridgehead atoms. The zero-order valence-electron chi connectivity index (χ0n) is 12.2. The molecule has 1 aromatic heterocycles. The maximum atomic E-state index is 12.3. The molecule has 1 aliphatic heterocycles. The van der Waals surface area contributed by atoms with Crippen molar-refractivity contribution in [3.05, 3.63) is 59.1 Å². The van der Waals surface area contributed by atoms with E-state index in [2.05, 4.69) is 20.9 Å². The average molecular weight is 317 g/mol. The van der Waals surface area contributed by atoms with Crippen LogP contribution in [0.2, 0.25) is 5.02 Å². The minimum absolute atomic E-state index is 0.0458. The molecule has 22 heavy (non-hydrogen) atoms. The number of piperazine rings is 1. The Morgan fingerprint density at radius 3 is 2.68 bits per heavy atom. The fraction of sp³-hybridized carbons (Fsp3) is 0.312. The number of rotatable bonds is 3. The van der Waals surface area contributed by atoms with Gasteiger partial charge in [0.05, 0.1) is 6.20 Å². The van der Waals surface area contributed by atoms with E-state index in [0.29, 0.717) is 18.8 Å². The number of carbonyl (C=O) groups is 1. The van der Waals surface area contributed by atoms with Crippen molar-refractivity contribution >= 4 is 17.5 Å². The lowest BCUT2D eigenvalue weighted by atomic mass is 10.2. The summed E-state index contributed by atoms with van der Waals surface area (Å²) in [5.41, 5.74) is 1.60. The second-order valence-electron chi connectivity index (χ2n) is 5.29. The van der Waals surface area contributed by atoms with Gasteiger partial charge in [0, 0.05) is 50.1 Å². The number of nitrogens with zero attached hydrogens (tertiary/aromatic N) is 4. The molecule has 3 rings (SSSR count). The molecule has 1 aromatic carbocycles. The lowest BCUT2D eigenvalue weighted by Crippen LogP contribution is -2.48. The van der Waals surface area contributed by atoms with Crippen molar-refractivity contribution in [2.24, 2.45) is 0 Å². The molecule has 0 atom stereocenters. The lowest BCUT2D eigenvalue weighted by Gasteiger charge is -2.34. The van der Waals surface area contributed by atoms with E-state index in [0.717, 1.165) is 24.7 Å². The predicted molar refractivity (Wildman–Crippen MR) is 84.7 cm³/mol. The second kappa shape index (κ2) is 6.85. The van der Waals surface area contributed by atoms with Crippen molar-refractivity contribution in [1.29, 1.82) is 0 Å². The average Bonchev–Trinajstić information content (AvgIpc) is 2.56. The highest BCUT2D eigenvalue weighted by atomic mass is 35.5. The minimum atomic E-state index is -0.0458. The van der Waals surface area contributed by atoms with Crippen LogP contribution in [0.25, 0.3) is 0 Å². The van der Waals surface area contributed by atoms with Gasteiger partial charge < -0.3 is 4.90 Å². The van der Waals surface area contributed by atoms with Crippen LogP contribution in [0.15, 0.2) is 42.9 Å². The molecule has 1 amide bonds. The van der Waals surface area contributed by atoms with Gasteiger partial charge in [-0.15, -0.1) is 0 Å². The standard InChI is InChI=1S/C16H17ClN4O/c17-14-3-1-2-13(10-14)12-20-6-8-21(9-7-20)16(22)15-11-18-4-5-19-15/h1-5,10-11H,6-9,12H2. The zero-order valence-corrected chi connectivity index (χ0v) is 12.9. The van der Waals surface area contributed by atoms with E-state index in [-0.39, 0.29) is 5.91 Å². The highest BCUT2D eigenvalue weighted by Gasteiger charge is 2.22. The number of hydrogen-bond acceptors (Lipinski definition) is 4. The van der Waals surface area contributed by atoms with E-state index in [1.165, 1.54) is 11.8 Å². The molecule has 5 nitrogen and oxygen atoms in total. The summed E-state index contributed by atoms with van der Waals surface area (Å²) in [6, 6.07) is 7.90. The highest BCUT2D eigenvalue weighted by molar-refractivity contribution is 6.30. The molecule has 0 spiro atoms. The van der Waals surface area contributed by atoms with Gasteiger partial charge in [0.2, 0.25) is 0 Å². The van der Waals surface area contributed by atoms with Crippen molar-refractivity contribution < 1.29 is 4.79 Å². The number of hydrogen-bond donors (Lipinski definition) is 0. The van der Waals surface area contributed by atoms with E-state index in [1.807, 2.05) is 23.1 Å². The fourth-order valence-electron chi connectivity index (χ4n) is 2.57. The van der Waals surface area contributed by atoms with Gasteiger partial charge in [-0.3, -0.25) is 14.7 Å². The van der Waals surface area contributed by atoms with E-state index >= 15 is 0 Å². The van der Waals surface area contributed by atoms with Gasteiger partial charge in [-0.1, -0.05) is 23.7 Å². The van der Waals surface area contributed by atoms with Gasteiger partial charge in [-0.2, -0.15) is 0 Å². The Balaban J connectivity index is 1.55. The van der Waals surface area contributed by atoms with Gasteiger partial charge in [-0.05, 0) is 17.7 Å². The Labute approximate surface area is 134 Å². The van der Waals surface area contributed by atoms with Crippen LogP contribution >= 0.6 is 11.6 Å². The monoisotopic (exact) mass is 316 g/mol. The summed E-state index contributed by atoms with van der Waals surface area (Å²) in [6.07, 6.45) is 4.63. The van der Waals surface area contributed by atoms with Crippen molar-refractivity contribution in [3.63, 3.8) is 0 Å². The molecule has 0 aliphatic carbocycles. The number of benzene rings is 1. The molecule has 0 unspecified atom stereocenters. The van der Waals surface area contributed by atoms with E-state index in [9.17, 15) is 4.79 Å². The van der Waals surface area contributed by atoms with Crippen LogP contribution < -0.4 is 0 Å². The number of carbonyl (C=O) groups excluding carboxylic acids is 1. The number of amides is 1. The van der Waals surface area contributed by atoms with Crippen LogP contribution in [0.4, 0.5) is 0 Å². The normalized spacial score (nSPS) is 15.8.